The van der Waals surface area contributed by atoms with Gasteiger partial charge < -0.3 is 5.32 Å². The highest BCUT2D eigenvalue weighted by molar-refractivity contribution is 4.84. The zero-order chi connectivity index (χ0) is 9.80. The maximum absolute atomic E-state index is 3.71. The van der Waals surface area contributed by atoms with Gasteiger partial charge in [-0.2, -0.15) is 0 Å². The van der Waals surface area contributed by atoms with Crippen LogP contribution in [0.4, 0.5) is 0 Å². The number of hydrogen-bond acceptors (Lipinski definition) is 1. The zero-order valence-electron chi connectivity index (χ0n) is 9.60. The van der Waals surface area contributed by atoms with Crippen LogP contribution in [0, 0.1) is 11.8 Å². The van der Waals surface area contributed by atoms with Crippen LogP contribution in [-0.4, -0.2) is 12.6 Å². The molecule has 0 aromatic rings. The summed E-state index contributed by atoms with van der Waals surface area (Å²) >= 11 is 0. The molecule has 2 unspecified atom stereocenters. The third kappa shape index (κ3) is 2.98. The Bertz CT molecular complexity index is 161. The first-order valence-corrected chi connectivity index (χ1v) is 6.63. The summed E-state index contributed by atoms with van der Waals surface area (Å²) in [6.07, 6.45) is 11.7. The molecule has 82 valence electrons. The van der Waals surface area contributed by atoms with Crippen molar-refractivity contribution in [3.63, 3.8) is 0 Å². The highest BCUT2D eigenvalue weighted by atomic mass is 14.9. The molecule has 1 heteroatoms. The van der Waals surface area contributed by atoms with Crippen LogP contribution in [-0.2, 0) is 0 Å². The zero-order valence-corrected chi connectivity index (χ0v) is 9.60. The Labute approximate surface area is 88.7 Å². The van der Waals surface area contributed by atoms with Gasteiger partial charge in [-0.1, -0.05) is 39.0 Å². The molecule has 1 N–H and O–H groups in total. The molecule has 2 fully saturated rings. The standard InChI is InChI=1S/C13H25N/c1-2-5-11-6-3-4-7-12(11)10-14-13-8-9-13/h11-14H,2-10H2,1H3. The van der Waals surface area contributed by atoms with Crippen molar-refractivity contribution in [2.75, 3.05) is 6.54 Å². The first kappa shape index (κ1) is 10.5. The van der Waals surface area contributed by atoms with Crippen molar-refractivity contribution in [2.24, 2.45) is 11.8 Å². The number of hydrogen-bond donors (Lipinski definition) is 1. The van der Waals surface area contributed by atoms with E-state index >= 15 is 0 Å². The smallest absolute Gasteiger partial charge is 0.00683 e. The molecule has 0 amide bonds. The van der Waals surface area contributed by atoms with Crippen LogP contribution in [0.2, 0.25) is 0 Å². The SMILES string of the molecule is CCCC1CCCCC1CNC1CC1. The van der Waals surface area contributed by atoms with E-state index in [0.29, 0.717) is 0 Å². The van der Waals surface area contributed by atoms with Crippen LogP contribution in [0.3, 0.4) is 0 Å². The van der Waals surface area contributed by atoms with Gasteiger partial charge in [0, 0.05) is 6.04 Å². The predicted octanol–water partition coefficient (Wildman–Crippen LogP) is 3.34. The van der Waals surface area contributed by atoms with E-state index in [4.69, 9.17) is 0 Å². The predicted molar refractivity (Wildman–Crippen MR) is 61.4 cm³/mol. The normalized spacial score (nSPS) is 33.2. The minimum absolute atomic E-state index is 0.902. The van der Waals surface area contributed by atoms with Crippen LogP contribution < -0.4 is 5.32 Å². The molecule has 0 aromatic heterocycles. The molecule has 0 radical (unpaired) electrons. The van der Waals surface area contributed by atoms with E-state index in [2.05, 4.69) is 12.2 Å². The van der Waals surface area contributed by atoms with Crippen LogP contribution >= 0.6 is 0 Å². The average molecular weight is 195 g/mol. The summed E-state index contributed by atoms with van der Waals surface area (Å²) < 4.78 is 0. The molecule has 0 aliphatic heterocycles. The van der Waals surface area contributed by atoms with Gasteiger partial charge in [0.05, 0.1) is 0 Å². The van der Waals surface area contributed by atoms with Crippen molar-refractivity contribution >= 4 is 0 Å². The van der Waals surface area contributed by atoms with Gasteiger partial charge in [-0.25, -0.2) is 0 Å². The van der Waals surface area contributed by atoms with E-state index in [-0.39, 0.29) is 0 Å². The lowest BCUT2D eigenvalue weighted by Crippen LogP contribution is -2.31. The maximum Gasteiger partial charge on any atom is 0.00683 e. The van der Waals surface area contributed by atoms with Crippen LogP contribution in [0.25, 0.3) is 0 Å². The molecule has 2 saturated carbocycles. The van der Waals surface area contributed by atoms with E-state index < -0.39 is 0 Å². The lowest BCUT2D eigenvalue weighted by Gasteiger charge is -2.31. The van der Waals surface area contributed by atoms with E-state index in [0.717, 1.165) is 17.9 Å². The molecule has 2 aliphatic carbocycles. The summed E-state index contributed by atoms with van der Waals surface area (Å²) in [5.41, 5.74) is 0. The van der Waals surface area contributed by atoms with Gasteiger partial charge in [0.25, 0.3) is 0 Å². The van der Waals surface area contributed by atoms with Gasteiger partial charge >= 0.3 is 0 Å². The molecule has 0 spiro atoms. The molecule has 0 heterocycles. The average Bonchev–Trinajstić information content (AvgIpc) is 3.01. The monoisotopic (exact) mass is 195 g/mol. The van der Waals surface area contributed by atoms with Crippen molar-refractivity contribution in [3.05, 3.63) is 0 Å². The largest absolute Gasteiger partial charge is 0.314 e. The molecule has 2 atom stereocenters. The summed E-state index contributed by atoms with van der Waals surface area (Å²) in [5, 5.41) is 3.71. The Kier molecular flexibility index (Phi) is 3.86. The summed E-state index contributed by atoms with van der Waals surface area (Å²) in [6, 6.07) is 0.902. The van der Waals surface area contributed by atoms with E-state index in [1.165, 1.54) is 57.9 Å². The first-order valence-electron chi connectivity index (χ1n) is 6.63. The molecule has 0 saturated heterocycles. The summed E-state index contributed by atoms with van der Waals surface area (Å²) in [5.74, 6) is 2.05. The summed E-state index contributed by atoms with van der Waals surface area (Å²) in [6.45, 7) is 3.65. The van der Waals surface area contributed by atoms with Crippen molar-refractivity contribution < 1.29 is 0 Å². The molecular formula is C13H25N. The molecule has 2 rings (SSSR count). The van der Waals surface area contributed by atoms with Crippen molar-refractivity contribution in [3.8, 4) is 0 Å². The molecule has 14 heavy (non-hydrogen) atoms. The van der Waals surface area contributed by atoms with E-state index in [1.54, 1.807) is 0 Å². The lowest BCUT2D eigenvalue weighted by molar-refractivity contribution is 0.216. The Balaban J connectivity index is 1.72. The third-order valence-electron chi connectivity index (χ3n) is 3.97. The Morgan fingerprint density at radius 2 is 1.71 bits per heavy atom. The Morgan fingerprint density at radius 3 is 2.36 bits per heavy atom. The Morgan fingerprint density at radius 1 is 1.00 bits per heavy atom. The minimum Gasteiger partial charge on any atom is -0.314 e. The summed E-state index contributed by atoms with van der Waals surface area (Å²) in [7, 11) is 0. The third-order valence-corrected chi connectivity index (χ3v) is 3.97. The fraction of sp³-hybridized carbons (Fsp3) is 1.00. The number of rotatable bonds is 5. The summed E-state index contributed by atoms with van der Waals surface area (Å²) in [4.78, 5) is 0. The highest BCUT2D eigenvalue weighted by Gasteiger charge is 2.27. The van der Waals surface area contributed by atoms with Gasteiger partial charge in [-0.3, -0.25) is 0 Å². The molecule has 0 aromatic carbocycles. The second-order valence-corrected chi connectivity index (χ2v) is 5.28. The fourth-order valence-electron chi connectivity index (χ4n) is 2.91. The maximum atomic E-state index is 3.71. The molecular weight excluding hydrogens is 170 g/mol. The fourth-order valence-corrected chi connectivity index (χ4v) is 2.91. The van der Waals surface area contributed by atoms with E-state index in [9.17, 15) is 0 Å². The highest BCUT2D eigenvalue weighted by Crippen LogP contribution is 2.33. The van der Waals surface area contributed by atoms with Crippen molar-refractivity contribution in [1.29, 1.82) is 0 Å². The lowest BCUT2D eigenvalue weighted by atomic mass is 9.77. The number of nitrogens with one attached hydrogen (secondary N) is 1. The molecule has 2 aliphatic rings. The van der Waals surface area contributed by atoms with Crippen LogP contribution in [0.15, 0.2) is 0 Å². The van der Waals surface area contributed by atoms with E-state index in [1.807, 2.05) is 0 Å². The molecule has 1 nitrogen and oxygen atoms in total. The minimum atomic E-state index is 0.902. The van der Waals surface area contributed by atoms with Gasteiger partial charge in [0.15, 0.2) is 0 Å². The van der Waals surface area contributed by atoms with Gasteiger partial charge in [-0.05, 0) is 37.6 Å². The second-order valence-electron chi connectivity index (χ2n) is 5.28. The van der Waals surface area contributed by atoms with Crippen LogP contribution in [0.5, 0.6) is 0 Å². The Hall–Kier alpha value is -0.0400. The topological polar surface area (TPSA) is 12.0 Å². The van der Waals surface area contributed by atoms with Crippen LogP contribution in [0.1, 0.15) is 58.3 Å². The van der Waals surface area contributed by atoms with Gasteiger partial charge in [0.1, 0.15) is 0 Å². The molecule has 0 bridgehead atoms. The van der Waals surface area contributed by atoms with Crippen molar-refractivity contribution in [1.82, 2.24) is 5.32 Å². The first-order chi connectivity index (χ1) is 6.90. The van der Waals surface area contributed by atoms with Crippen molar-refractivity contribution in [2.45, 2.75) is 64.3 Å². The quantitative estimate of drug-likeness (QED) is 0.709. The van der Waals surface area contributed by atoms with Gasteiger partial charge in [0.2, 0.25) is 0 Å². The second kappa shape index (κ2) is 5.16. The van der Waals surface area contributed by atoms with Gasteiger partial charge in [-0.15, -0.1) is 0 Å².